The zero-order valence-corrected chi connectivity index (χ0v) is 16.4. The average Bonchev–Trinajstić information content (AvgIpc) is 2.89. The summed E-state index contributed by atoms with van der Waals surface area (Å²) in [5.41, 5.74) is 5.93. The number of thioether (sulfide) groups is 1. The van der Waals surface area contributed by atoms with Crippen LogP contribution in [0.3, 0.4) is 0 Å². The van der Waals surface area contributed by atoms with E-state index in [1.165, 1.54) is 22.9 Å². The molecule has 0 aliphatic heterocycles. The zero-order chi connectivity index (χ0) is 18.7. The van der Waals surface area contributed by atoms with Gasteiger partial charge in [-0.3, -0.25) is 4.79 Å². The van der Waals surface area contributed by atoms with Crippen LogP contribution in [0.5, 0.6) is 0 Å². The van der Waals surface area contributed by atoms with Crippen molar-refractivity contribution in [3.05, 3.63) is 71.0 Å². The summed E-state index contributed by atoms with van der Waals surface area (Å²) in [7, 11) is 0. The average molecular weight is 366 g/mol. The maximum absolute atomic E-state index is 12.4. The lowest BCUT2D eigenvalue weighted by molar-refractivity contribution is -0.113. The van der Waals surface area contributed by atoms with E-state index in [2.05, 4.69) is 48.5 Å². The van der Waals surface area contributed by atoms with Crippen molar-refractivity contribution in [1.29, 1.82) is 0 Å². The van der Waals surface area contributed by atoms with E-state index in [0.29, 0.717) is 5.75 Å². The van der Waals surface area contributed by atoms with Gasteiger partial charge in [-0.15, -0.1) is 11.8 Å². The molecule has 0 atom stereocenters. The van der Waals surface area contributed by atoms with E-state index in [0.717, 1.165) is 27.7 Å². The van der Waals surface area contributed by atoms with Crippen LogP contribution in [0.2, 0.25) is 0 Å². The van der Waals surface area contributed by atoms with E-state index in [1.54, 1.807) is 0 Å². The number of hydrogen-bond acceptors (Lipinski definition) is 3. The zero-order valence-electron chi connectivity index (χ0n) is 15.5. The minimum absolute atomic E-state index is 0.0221. The van der Waals surface area contributed by atoms with Gasteiger partial charge >= 0.3 is 0 Å². The molecule has 0 saturated heterocycles. The predicted octanol–water partition coefficient (Wildman–Crippen LogP) is 4.84. The van der Waals surface area contributed by atoms with E-state index in [9.17, 15) is 4.79 Å². The second kappa shape index (κ2) is 7.79. The quantitative estimate of drug-likeness (QED) is 0.658. The van der Waals surface area contributed by atoms with Crippen molar-refractivity contribution in [2.45, 2.75) is 32.6 Å². The Hall–Kier alpha value is -2.53. The monoisotopic (exact) mass is 365 g/mol. The van der Waals surface area contributed by atoms with E-state index >= 15 is 0 Å². The van der Waals surface area contributed by atoms with Gasteiger partial charge in [-0.25, -0.2) is 4.68 Å². The molecule has 5 heteroatoms. The summed E-state index contributed by atoms with van der Waals surface area (Å²) in [5.74, 6) is 0.351. The van der Waals surface area contributed by atoms with Gasteiger partial charge in [-0.1, -0.05) is 35.4 Å². The first-order valence-electron chi connectivity index (χ1n) is 8.56. The summed E-state index contributed by atoms with van der Waals surface area (Å²) in [6, 6.07) is 16.4. The molecule has 0 unspecified atom stereocenters. The molecular formula is C21H23N3OS. The summed E-state index contributed by atoms with van der Waals surface area (Å²) >= 11 is 1.54. The van der Waals surface area contributed by atoms with Gasteiger partial charge in [-0.2, -0.15) is 5.10 Å². The molecule has 3 aromatic rings. The maximum atomic E-state index is 12.4. The number of anilines is 1. The molecule has 0 spiro atoms. The number of hydrogen-bond donors (Lipinski definition) is 1. The molecule has 0 aliphatic carbocycles. The molecule has 0 fully saturated rings. The second-order valence-electron chi connectivity index (χ2n) is 6.45. The third-order valence-electron chi connectivity index (χ3n) is 4.19. The number of benzene rings is 2. The number of rotatable bonds is 5. The molecule has 1 amide bonds. The molecule has 0 aliphatic rings. The Kier molecular flexibility index (Phi) is 5.47. The Morgan fingerprint density at radius 3 is 2.46 bits per heavy atom. The van der Waals surface area contributed by atoms with Gasteiger partial charge in [0.15, 0.2) is 0 Å². The van der Waals surface area contributed by atoms with Crippen molar-refractivity contribution in [1.82, 2.24) is 9.78 Å². The van der Waals surface area contributed by atoms with Crippen molar-refractivity contribution in [3.63, 3.8) is 0 Å². The van der Waals surface area contributed by atoms with Gasteiger partial charge in [0.2, 0.25) is 5.91 Å². The van der Waals surface area contributed by atoms with Crippen LogP contribution in [0.15, 0.2) is 53.4 Å². The van der Waals surface area contributed by atoms with Gasteiger partial charge in [0.05, 0.1) is 28.5 Å². The van der Waals surface area contributed by atoms with E-state index in [4.69, 9.17) is 0 Å². The third kappa shape index (κ3) is 4.17. The SMILES string of the molecule is Cc1ccc(-n2nc(C)c(NC(=O)CSc3cccc(C)c3)c2C)cc1. The Morgan fingerprint density at radius 1 is 1.04 bits per heavy atom. The first-order valence-corrected chi connectivity index (χ1v) is 9.55. The number of nitrogens with zero attached hydrogens (tertiary/aromatic N) is 2. The molecule has 2 aromatic carbocycles. The van der Waals surface area contributed by atoms with Crippen LogP contribution in [-0.2, 0) is 4.79 Å². The molecular weight excluding hydrogens is 342 g/mol. The van der Waals surface area contributed by atoms with Gasteiger partial charge in [-0.05, 0) is 52.0 Å². The predicted molar refractivity (Wildman–Crippen MR) is 108 cm³/mol. The van der Waals surface area contributed by atoms with E-state index < -0.39 is 0 Å². The van der Waals surface area contributed by atoms with Crippen LogP contribution in [0.4, 0.5) is 5.69 Å². The normalized spacial score (nSPS) is 10.8. The first kappa shape index (κ1) is 18.3. The Morgan fingerprint density at radius 2 is 1.77 bits per heavy atom. The fraction of sp³-hybridized carbons (Fsp3) is 0.238. The summed E-state index contributed by atoms with van der Waals surface area (Å²) < 4.78 is 1.87. The lowest BCUT2D eigenvalue weighted by atomic mass is 10.2. The summed E-state index contributed by atoms with van der Waals surface area (Å²) in [6.07, 6.45) is 0. The van der Waals surface area contributed by atoms with Crippen LogP contribution < -0.4 is 5.32 Å². The summed E-state index contributed by atoms with van der Waals surface area (Å²) in [6.45, 7) is 8.00. The highest BCUT2D eigenvalue weighted by atomic mass is 32.2. The number of amides is 1. The Bertz CT molecular complexity index is 929. The minimum atomic E-state index is -0.0221. The van der Waals surface area contributed by atoms with E-state index in [-0.39, 0.29) is 5.91 Å². The molecule has 1 aromatic heterocycles. The van der Waals surface area contributed by atoms with Crippen molar-refractivity contribution < 1.29 is 4.79 Å². The largest absolute Gasteiger partial charge is 0.322 e. The lowest BCUT2D eigenvalue weighted by Crippen LogP contribution is -2.15. The van der Waals surface area contributed by atoms with E-state index in [1.807, 2.05) is 42.8 Å². The molecule has 134 valence electrons. The molecule has 1 N–H and O–H groups in total. The number of carbonyl (C=O) groups excluding carboxylic acids is 1. The van der Waals surface area contributed by atoms with Crippen LogP contribution >= 0.6 is 11.8 Å². The Balaban J connectivity index is 1.71. The molecule has 0 saturated carbocycles. The molecule has 26 heavy (non-hydrogen) atoms. The van der Waals surface area contributed by atoms with Gasteiger partial charge in [0.1, 0.15) is 0 Å². The van der Waals surface area contributed by atoms with Crippen molar-refractivity contribution in [3.8, 4) is 5.69 Å². The number of nitrogens with one attached hydrogen (secondary N) is 1. The lowest BCUT2D eigenvalue weighted by Gasteiger charge is -2.08. The van der Waals surface area contributed by atoms with Crippen LogP contribution in [0.1, 0.15) is 22.5 Å². The third-order valence-corrected chi connectivity index (χ3v) is 5.19. The highest BCUT2D eigenvalue weighted by Crippen LogP contribution is 2.24. The molecule has 0 radical (unpaired) electrons. The number of aryl methyl sites for hydroxylation is 3. The van der Waals surface area contributed by atoms with Crippen LogP contribution in [0.25, 0.3) is 5.69 Å². The fourth-order valence-electron chi connectivity index (χ4n) is 2.79. The van der Waals surface area contributed by atoms with Crippen LogP contribution in [0, 0.1) is 27.7 Å². The van der Waals surface area contributed by atoms with Crippen molar-refractivity contribution in [2.24, 2.45) is 0 Å². The first-order chi connectivity index (χ1) is 12.4. The van der Waals surface area contributed by atoms with Gasteiger partial charge in [0, 0.05) is 4.90 Å². The second-order valence-corrected chi connectivity index (χ2v) is 7.50. The topological polar surface area (TPSA) is 46.9 Å². The number of carbonyl (C=O) groups is 1. The highest BCUT2D eigenvalue weighted by molar-refractivity contribution is 8.00. The molecule has 1 heterocycles. The molecule has 4 nitrogen and oxygen atoms in total. The summed E-state index contributed by atoms with van der Waals surface area (Å²) in [5, 5.41) is 7.61. The van der Waals surface area contributed by atoms with Gasteiger partial charge in [0.25, 0.3) is 0 Å². The smallest absolute Gasteiger partial charge is 0.234 e. The summed E-state index contributed by atoms with van der Waals surface area (Å²) in [4.78, 5) is 13.5. The highest BCUT2D eigenvalue weighted by Gasteiger charge is 2.15. The standard InChI is InChI=1S/C21H23N3OS/c1-14-8-10-18(11-9-14)24-17(4)21(16(3)23-24)22-20(25)13-26-19-7-5-6-15(2)12-19/h5-12H,13H2,1-4H3,(H,22,25). The number of aromatic nitrogens is 2. The molecule has 0 bridgehead atoms. The molecule has 3 rings (SSSR count). The Labute approximate surface area is 158 Å². The van der Waals surface area contributed by atoms with Crippen LogP contribution in [-0.4, -0.2) is 21.4 Å². The fourth-order valence-corrected chi connectivity index (χ4v) is 3.60. The van der Waals surface area contributed by atoms with Gasteiger partial charge < -0.3 is 5.32 Å². The maximum Gasteiger partial charge on any atom is 0.234 e. The minimum Gasteiger partial charge on any atom is -0.322 e. The van der Waals surface area contributed by atoms with Crippen molar-refractivity contribution >= 4 is 23.4 Å². The van der Waals surface area contributed by atoms with Crippen molar-refractivity contribution in [2.75, 3.05) is 11.1 Å².